The molecule has 0 bridgehead atoms. The van der Waals surface area contributed by atoms with E-state index >= 15 is 0 Å². The SMILES string of the molecule is O=C(O)N1CC=C(c2ccc(CCl)cn2)CC1. The number of carbonyl (C=O) groups is 1. The summed E-state index contributed by atoms with van der Waals surface area (Å²) in [5.74, 6) is 0.457. The number of pyridine rings is 1. The van der Waals surface area contributed by atoms with E-state index in [1.807, 2.05) is 18.2 Å². The van der Waals surface area contributed by atoms with Crippen LogP contribution < -0.4 is 0 Å². The van der Waals surface area contributed by atoms with Gasteiger partial charge in [0.25, 0.3) is 0 Å². The van der Waals surface area contributed by atoms with Crippen LogP contribution in [-0.4, -0.2) is 34.2 Å². The molecular weight excluding hydrogens is 240 g/mol. The van der Waals surface area contributed by atoms with Crippen molar-refractivity contribution in [3.05, 3.63) is 35.7 Å². The Kier molecular flexibility index (Phi) is 3.64. The predicted molar refractivity (Wildman–Crippen MR) is 66.0 cm³/mol. The lowest BCUT2D eigenvalue weighted by Crippen LogP contribution is -2.33. The van der Waals surface area contributed by atoms with Crippen LogP contribution in [0.5, 0.6) is 0 Å². The second-order valence-electron chi connectivity index (χ2n) is 3.89. The Morgan fingerprint density at radius 3 is 2.82 bits per heavy atom. The van der Waals surface area contributed by atoms with Crippen molar-refractivity contribution in [2.75, 3.05) is 13.1 Å². The fourth-order valence-electron chi connectivity index (χ4n) is 1.77. The van der Waals surface area contributed by atoms with Gasteiger partial charge in [0.1, 0.15) is 0 Å². The minimum atomic E-state index is -0.870. The van der Waals surface area contributed by atoms with Crippen LogP contribution in [0.1, 0.15) is 17.7 Å². The van der Waals surface area contributed by atoms with E-state index in [1.165, 1.54) is 4.90 Å². The van der Waals surface area contributed by atoms with E-state index in [-0.39, 0.29) is 0 Å². The first-order valence-electron chi connectivity index (χ1n) is 5.39. The summed E-state index contributed by atoms with van der Waals surface area (Å²) in [5, 5.41) is 8.83. The number of aromatic nitrogens is 1. The monoisotopic (exact) mass is 252 g/mol. The van der Waals surface area contributed by atoms with Crippen molar-refractivity contribution in [3.63, 3.8) is 0 Å². The smallest absolute Gasteiger partial charge is 0.407 e. The zero-order chi connectivity index (χ0) is 12.3. The van der Waals surface area contributed by atoms with E-state index in [4.69, 9.17) is 16.7 Å². The van der Waals surface area contributed by atoms with Crippen molar-refractivity contribution in [1.82, 2.24) is 9.88 Å². The molecule has 0 aliphatic carbocycles. The summed E-state index contributed by atoms with van der Waals surface area (Å²) >= 11 is 5.69. The molecule has 90 valence electrons. The van der Waals surface area contributed by atoms with Gasteiger partial charge in [-0.2, -0.15) is 0 Å². The number of alkyl halides is 1. The first-order chi connectivity index (χ1) is 8.20. The Morgan fingerprint density at radius 1 is 1.53 bits per heavy atom. The average molecular weight is 253 g/mol. The lowest BCUT2D eigenvalue weighted by molar-refractivity contribution is 0.150. The van der Waals surface area contributed by atoms with E-state index in [2.05, 4.69) is 4.98 Å². The lowest BCUT2D eigenvalue weighted by atomic mass is 10.0. The van der Waals surface area contributed by atoms with Gasteiger partial charge in [-0.05, 0) is 23.6 Å². The first kappa shape index (κ1) is 11.9. The second kappa shape index (κ2) is 5.19. The largest absolute Gasteiger partial charge is 0.465 e. The standard InChI is InChI=1S/C12H13ClN2O2/c13-7-9-1-2-11(14-8-9)10-3-5-15(6-4-10)12(16)17/h1-3,8H,4-7H2,(H,16,17). The molecule has 0 unspecified atom stereocenters. The number of rotatable bonds is 2. The van der Waals surface area contributed by atoms with E-state index in [9.17, 15) is 4.79 Å². The Hall–Kier alpha value is -1.55. The summed E-state index contributed by atoms with van der Waals surface area (Å²) in [6.45, 7) is 0.962. The van der Waals surface area contributed by atoms with Crippen molar-refractivity contribution in [2.45, 2.75) is 12.3 Å². The summed E-state index contributed by atoms with van der Waals surface area (Å²) in [4.78, 5) is 16.5. The fourth-order valence-corrected chi connectivity index (χ4v) is 1.93. The fraction of sp³-hybridized carbons (Fsp3) is 0.333. The van der Waals surface area contributed by atoms with Gasteiger partial charge >= 0.3 is 6.09 Å². The van der Waals surface area contributed by atoms with Gasteiger partial charge in [0.15, 0.2) is 0 Å². The Bertz CT molecular complexity index is 442. The van der Waals surface area contributed by atoms with Gasteiger partial charge in [-0.25, -0.2) is 4.79 Å². The van der Waals surface area contributed by atoms with Crippen molar-refractivity contribution >= 4 is 23.3 Å². The highest BCUT2D eigenvalue weighted by Crippen LogP contribution is 2.20. The van der Waals surface area contributed by atoms with Crippen LogP contribution in [-0.2, 0) is 5.88 Å². The number of carboxylic acid groups (broad SMARTS) is 1. The van der Waals surface area contributed by atoms with Crippen LogP contribution in [0, 0.1) is 0 Å². The molecule has 0 saturated heterocycles. The molecule has 1 aromatic heterocycles. The van der Waals surface area contributed by atoms with Crippen LogP contribution in [0.2, 0.25) is 0 Å². The molecule has 2 rings (SSSR count). The molecule has 0 fully saturated rings. The minimum absolute atomic E-state index is 0.434. The van der Waals surface area contributed by atoms with Crippen LogP contribution in [0.25, 0.3) is 5.57 Å². The number of hydrogen-bond acceptors (Lipinski definition) is 2. The van der Waals surface area contributed by atoms with E-state index in [1.54, 1.807) is 6.20 Å². The highest BCUT2D eigenvalue weighted by Gasteiger charge is 2.16. The minimum Gasteiger partial charge on any atom is -0.465 e. The van der Waals surface area contributed by atoms with Gasteiger partial charge in [-0.3, -0.25) is 4.98 Å². The molecule has 0 atom stereocenters. The molecular formula is C12H13ClN2O2. The summed E-state index contributed by atoms with van der Waals surface area (Å²) in [6.07, 6.45) is 3.51. The molecule has 1 aromatic rings. The number of hydrogen-bond donors (Lipinski definition) is 1. The number of amides is 1. The third kappa shape index (κ3) is 2.77. The third-order valence-corrected chi connectivity index (χ3v) is 3.10. The predicted octanol–water partition coefficient (Wildman–Crippen LogP) is 2.59. The van der Waals surface area contributed by atoms with Crippen molar-refractivity contribution < 1.29 is 9.90 Å². The Labute approximate surface area is 105 Å². The summed E-state index contributed by atoms with van der Waals surface area (Å²) < 4.78 is 0. The maximum absolute atomic E-state index is 10.7. The molecule has 2 heterocycles. The van der Waals surface area contributed by atoms with Gasteiger partial charge in [0, 0.05) is 25.2 Å². The topological polar surface area (TPSA) is 53.4 Å². The first-order valence-corrected chi connectivity index (χ1v) is 5.92. The molecule has 1 amide bonds. The molecule has 1 aliphatic rings. The molecule has 17 heavy (non-hydrogen) atoms. The molecule has 5 heteroatoms. The quantitative estimate of drug-likeness (QED) is 0.823. The molecule has 0 radical (unpaired) electrons. The summed E-state index contributed by atoms with van der Waals surface area (Å²) in [7, 11) is 0. The van der Waals surface area contributed by atoms with Crippen LogP contribution in [0.15, 0.2) is 24.4 Å². The maximum Gasteiger partial charge on any atom is 0.407 e. The zero-order valence-electron chi connectivity index (χ0n) is 9.27. The molecule has 4 nitrogen and oxygen atoms in total. The van der Waals surface area contributed by atoms with Crippen LogP contribution in [0.3, 0.4) is 0 Å². The maximum atomic E-state index is 10.7. The molecule has 1 N–H and O–H groups in total. The van der Waals surface area contributed by atoms with Gasteiger partial charge in [0.05, 0.1) is 5.69 Å². The number of halogens is 1. The third-order valence-electron chi connectivity index (χ3n) is 2.79. The summed E-state index contributed by atoms with van der Waals surface area (Å²) in [6, 6.07) is 3.87. The highest BCUT2D eigenvalue weighted by atomic mass is 35.5. The van der Waals surface area contributed by atoms with Gasteiger partial charge < -0.3 is 10.0 Å². The second-order valence-corrected chi connectivity index (χ2v) is 4.16. The van der Waals surface area contributed by atoms with Gasteiger partial charge in [-0.15, -0.1) is 11.6 Å². The van der Waals surface area contributed by atoms with Gasteiger partial charge in [-0.1, -0.05) is 12.1 Å². The number of nitrogens with zero attached hydrogens (tertiary/aromatic N) is 2. The lowest BCUT2D eigenvalue weighted by Gasteiger charge is -2.23. The van der Waals surface area contributed by atoms with E-state index in [0.29, 0.717) is 25.4 Å². The van der Waals surface area contributed by atoms with Gasteiger partial charge in [0.2, 0.25) is 0 Å². The molecule has 0 spiro atoms. The molecule has 0 aromatic carbocycles. The van der Waals surface area contributed by atoms with Crippen LogP contribution >= 0.6 is 11.6 Å². The van der Waals surface area contributed by atoms with E-state index < -0.39 is 6.09 Å². The zero-order valence-corrected chi connectivity index (χ0v) is 10.0. The van der Waals surface area contributed by atoms with Crippen molar-refractivity contribution in [2.24, 2.45) is 0 Å². The van der Waals surface area contributed by atoms with Crippen molar-refractivity contribution in [3.8, 4) is 0 Å². The Morgan fingerprint density at radius 2 is 2.35 bits per heavy atom. The molecule has 1 aliphatic heterocycles. The Balaban J connectivity index is 2.10. The van der Waals surface area contributed by atoms with Crippen molar-refractivity contribution in [1.29, 1.82) is 0 Å². The normalized spacial score (nSPS) is 15.6. The average Bonchev–Trinajstić information content (AvgIpc) is 2.39. The van der Waals surface area contributed by atoms with Crippen LogP contribution in [0.4, 0.5) is 4.79 Å². The summed E-state index contributed by atoms with van der Waals surface area (Å²) in [5.41, 5.74) is 2.99. The molecule has 0 saturated carbocycles. The highest BCUT2D eigenvalue weighted by molar-refractivity contribution is 6.17. The van der Waals surface area contributed by atoms with E-state index in [0.717, 1.165) is 16.8 Å².